The molecule has 0 radical (unpaired) electrons. The maximum absolute atomic E-state index is 10.1. The van der Waals surface area contributed by atoms with Crippen LogP contribution in [0, 0.1) is 0 Å². The second kappa shape index (κ2) is 4.63. The van der Waals surface area contributed by atoms with Gasteiger partial charge < -0.3 is 14.4 Å². The number of nitrogens with zero attached hydrogens (tertiary/aromatic N) is 2. The number of rotatable bonds is 2. The summed E-state index contributed by atoms with van der Waals surface area (Å²) >= 11 is 1.68. The van der Waals surface area contributed by atoms with E-state index in [4.69, 9.17) is 4.74 Å². The largest absolute Gasteiger partial charge is 0.504 e. The minimum atomic E-state index is 0.169. The lowest BCUT2D eigenvalue weighted by molar-refractivity contribution is 0.373. The summed E-state index contributed by atoms with van der Waals surface area (Å²) in [5.74, 6) is 0.697. The van der Waals surface area contributed by atoms with Gasteiger partial charge in [-0.15, -0.1) is 11.3 Å². The number of aryl methyl sites for hydroxylation is 2. The van der Waals surface area contributed by atoms with E-state index >= 15 is 0 Å². The Morgan fingerprint density at radius 1 is 1.38 bits per heavy atom. The lowest BCUT2D eigenvalue weighted by atomic mass is 9.96. The molecule has 0 spiro atoms. The van der Waals surface area contributed by atoms with Crippen molar-refractivity contribution in [1.82, 2.24) is 9.55 Å². The second-order valence-corrected chi connectivity index (χ2v) is 5.99. The summed E-state index contributed by atoms with van der Waals surface area (Å²) in [6.07, 6.45) is 2.80. The van der Waals surface area contributed by atoms with Crippen molar-refractivity contribution >= 4 is 11.3 Å². The molecule has 1 aromatic carbocycles. The van der Waals surface area contributed by atoms with Gasteiger partial charge in [-0.2, -0.15) is 0 Å². The fraction of sp³-hybridized carbons (Fsp3) is 0.188. The highest BCUT2D eigenvalue weighted by Crippen LogP contribution is 2.42. The molecular weight excluding hydrogens is 284 g/mol. The van der Waals surface area contributed by atoms with E-state index in [2.05, 4.69) is 21.0 Å². The van der Waals surface area contributed by atoms with Gasteiger partial charge in [-0.05, 0) is 35.6 Å². The van der Waals surface area contributed by atoms with Gasteiger partial charge in [-0.25, -0.2) is 4.98 Å². The predicted octanol–water partition coefficient (Wildman–Crippen LogP) is 3.55. The maximum atomic E-state index is 10.1. The van der Waals surface area contributed by atoms with Crippen LogP contribution in [0.15, 0.2) is 36.0 Å². The molecule has 2 aromatic heterocycles. The number of hydrogen-bond acceptors (Lipinski definition) is 4. The molecule has 21 heavy (non-hydrogen) atoms. The van der Waals surface area contributed by atoms with E-state index in [9.17, 15) is 5.11 Å². The molecule has 5 heteroatoms. The number of thiophene rings is 1. The second-order valence-electron chi connectivity index (χ2n) is 5.04. The number of phenols is 1. The van der Waals surface area contributed by atoms with Crippen LogP contribution in [-0.4, -0.2) is 21.8 Å². The van der Waals surface area contributed by atoms with Gasteiger partial charge in [-0.1, -0.05) is 6.07 Å². The normalized spacial score (nSPS) is 12.8. The van der Waals surface area contributed by atoms with Crippen LogP contribution in [0.4, 0.5) is 0 Å². The van der Waals surface area contributed by atoms with E-state index in [1.807, 2.05) is 18.5 Å². The Balaban J connectivity index is 1.95. The van der Waals surface area contributed by atoms with Gasteiger partial charge in [-0.3, -0.25) is 0 Å². The summed E-state index contributed by atoms with van der Waals surface area (Å²) < 4.78 is 7.37. The summed E-state index contributed by atoms with van der Waals surface area (Å²) in [4.78, 5) is 5.72. The highest BCUT2D eigenvalue weighted by Gasteiger charge is 2.23. The van der Waals surface area contributed by atoms with Crippen LogP contribution in [0.2, 0.25) is 0 Å². The first-order valence-electron chi connectivity index (χ1n) is 6.77. The molecule has 0 amide bonds. The molecule has 106 valence electrons. The average Bonchev–Trinajstić information content (AvgIpc) is 3.15. The predicted molar refractivity (Wildman–Crippen MR) is 82.9 cm³/mol. The molecule has 4 rings (SSSR count). The van der Waals surface area contributed by atoms with Crippen molar-refractivity contribution < 1.29 is 9.84 Å². The van der Waals surface area contributed by atoms with Crippen LogP contribution in [-0.2, 0) is 13.0 Å². The summed E-state index contributed by atoms with van der Waals surface area (Å²) in [6, 6.07) is 7.82. The highest BCUT2D eigenvalue weighted by atomic mass is 32.1. The van der Waals surface area contributed by atoms with E-state index in [-0.39, 0.29) is 5.75 Å². The number of methoxy groups -OCH3 is 1. The zero-order valence-corrected chi connectivity index (χ0v) is 12.4. The monoisotopic (exact) mass is 298 g/mol. The Bertz CT molecular complexity index is 806. The quantitative estimate of drug-likeness (QED) is 0.787. The van der Waals surface area contributed by atoms with Gasteiger partial charge in [0.05, 0.1) is 24.0 Å². The van der Waals surface area contributed by atoms with Crippen molar-refractivity contribution in [3.05, 3.63) is 41.5 Å². The Kier molecular flexibility index (Phi) is 2.75. The molecule has 0 unspecified atom stereocenters. The summed E-state index contributed by atoms with van der Waals surface area (Å²) in [5.41, 5.74) is 4.29. The molecule has 0 atom stereocenters. The summed E-state index contributed by atoms with van der Waals surface area (Å²) in [7, 11) is 1.58. The number of aromatic nitrogens is 2. The fourth-order valence-corrected chi connectivity index (χ4v) is 3.59. The third kappa shape index (κ3) is 1.85. The van der Waals surface area contributed by atoms with Crippen LogP contribution in [0.5, 0.6) is 11.5 Å². The molecule has 0 bridgehead atoms. The maximum Gasteiger partial charge on any atom is 0.160 e. The first kappa shape index (κ1) is 12.5. The molecule has 0 saturated heterocycles. The van der Waals surface area contributed by atoms with Crippen molar-refractivity contribution in [2.24, 2.45) is 0 Å². The van der Waals surface area contributed by atoms with Crippen LogP contribution < -0.4 is 4.74 Å². The lowest BCUT2D eigenvalue weighted by Gasteiger charge is -2.21. The minimum Gasteiger partial charge on any atom is -0.504 e. The summed E-state index contributed by atoms with van der Waals surface area (Å²) in [5, 5.41) is 12.2. The molecule has 1 aliphatic rings. The first-order valence-corrected chi connectivity index (χ1v) is 7.65. The third-order valence-electron chi connectivity index (χ3n) is 3.87. The Morgan fingerprint density at radius 3 is 3.05 bits per heavy atom. The molecule has 4 nitrogen and oxygen atoms in total. The van der Waals surface area contributed by atoms with Gasteiger partial charge in [0, 0.05) is 12.1 Å². The van der Waals surface area contributed by atoms with Crippen molar-refractivity contribution in [2.75, 3.05) is 7.11 Å². The molecule has 0 fully saturated rings. The van der Waals surface area contributed by atoms with Crippen LogP contribution in [0.3, 0.4) is 0 Å². The van der Waals surface area contributed by atoms with Gasteiger partial charge in [0.1, 0.15) is 5.69 Å². The van der Waals surface area contributed by atoms with Crippen molar-refractivity contribution in [1.29, 1.82) is 0 Å². The van der Waals surface area contributed by atoms with Crippen molar-refractivity contribution in [3.8, 4) is 33.3 Å². The smallest absolute Gasteiger partial charge is 0.160 e. The van der Waals surface area contributed by atoms with Crippen LogP contribution in [0.25, 0.3) is 21.8 Å². The topological polar surface area (TPSA) is 47.3 Å². The van der Waals surface area contributed by atoms with E-state index in [1.54, 1.807) is 24.5 Å². The van der Waals surface area contributed by atoms with E-state index in [0.717, 1.165) is 34.8 Å². The zero-order valence-electron chi connectivity index (χ0n) is 11.5. The van der Waals surface area contributed by atoms with E-state index in [1.165, 1.54) is 5.56 Å². The Hall–Kier alpha value is -2.27. The molecule has 1 N–H and O–H groups in total. The SMILES string of the molecule is COc1cc2c(cc1O)-c1c(-c3cccs3)ncn1CC2. The number of hydrogen-bond donors (Lipinski definition) is 1. The summed E-state index contributed by atoms with van der Waals surface area (Å²) in [6.45, 7) is 0.897. The van der Waals surface area contributed by atoms with Crippen LogP contribution >= 0.6 is 11.3 Å². The molecular formula is C16H14N2O2S. The van der Waals surface area contributed by atoms with Gasteiger partial charge in [0.25, 0.3) is 0 Å². The standard InChI is InChI=1S/C16H14N2O2S/c1-20-13-7-10-4-5-18-9-17-15(14-3-2-6-21-14)16(18)11(10)8-12(13)19/h2-3,6-9,19H,4-5H2,1H3. The van der Waals surface area contributed by atoms with Gasteiger partial charge >= 0.3 is 0 Å². The molecule has 0 aliphatic carbocycles. The van der Waals surface area contributed by atoms with Crippen molar-refractivity contribution in [3.63, 3.8) is 0 Å². The zero-order chi connectivity index (χ0) is 14.4. The lowest BCUT2D eigenvalue weighted by Crippen LogP contribution is -2.10. The number of fused-ring (bicyclic) bond motifs is 3. The fourth-order valence-electron chi connectivity index (χ4n) is 2.87. The van der Waals surface area contributed by atoms with E-state index in [0.29, 0.717) is 5.75 Å². The first-order chi connectivity index (χ1) is 10.3. The number of phenolic OH excluding ortho intramolecular Hbond substituents is 1. The van der Waals surface area contributed by atoms with Gasteiger partial charge in [0.2, 0.25) is 0 Å². The van der Waals surface area contributed by atoms with Crippen molar-refractivity contribution in [2.45, 2.75) is 13.0 Å². The third-order valence-corrected chi connectivity index (χ3v) is 4.75. The van der Waals surface area contributed by atoms with E-state index < -0.39 is 0 Å². The average molecular weight is 298 g/mol. The number of imidazole rings is 1. The molecule has 0 saturated carbocycles. The van der Waals surface area contributed by atoms with Gasteiger partial charge in [0.15, 0.2) is 11.5 Å². The highest BCUT2D eigenvalue weighted by molar-refractivity contribution is 7.13. The Morgan fingerprint density at radius 2 is 2.29 bits per heavy atom. The molecule has 3 aromatic rings. The van der Waals surface area contributed by atoms with Crippen LogP contribution in [0.1, 0.15) is 5.56 Å². The number of aromatic hydroxyl groups is 1. The molecule has 3 heterocycles. The number of ether oxygens (including phenoxy) is 1. The Labute approximate surface area is 126 Å². The minimum absolute atomic E-state index is 0.169. The number of benzene rings is 1. The molecule has 1 aliphatic heterocycles.